The molecule has 2 aromatic heterocycles. The van der Waals surface area contributed by atoms with Crippen molar-refractivity contribution in [2.24, 2.45) is 0 Å². The van der Waals surface area contributed by atoms with Crippen molar-refractivity contribution in [2.45, 2.75) is 0 Å². The second kappa shape index (κ2) is 7.63. The van der Waals surface area contributed by atoms with Gasteiger partial charge in [0, 0.05) is 35.0 Å². The van der Waals surface area contributed by atoms with Crippen LogP contribution in [0.1, 0.15) is 20.9 Å². The highest BCUT2D eigenvalue weighted by atomic mass is 16.3. The molecule has 2 N–H and O–H groups in total. The second-order valence-electron chi connectivity index (χ2n) is 5.98. The fraction of sp³-hybridized carbons (Fsp3) is 0. The summed E-state index contributed by atoms with van der Waals surface area (Å²) in [5, 5.41) is 5.56. The molecule has 138 valence electrons. The zero-order chi connectivity index (χ0) is 19.3. The minimum absolute atomic E-state index is 0.223. The molecular weight excluding hydrogens is 356 g/mol. The van der Waals surface area contributed by atoms with Crippen LogP contribution >= 0.6 is 0 Å². The van der Waals surface area contributed by atoms with Gasteiger partial charge in [0.2, 0.25) is 0 Å². The van der Waals surface area contributed by atoms with Gasteiger partial charge in [-0.2, -0.15) is 0 Å². The van der Waals surface area contributed by atoms with Crippen molar-refractivity contribution in [1.82, 2.24) is 9.55 Å². The second-order valence-corrected chi connectivity index (χ2v) is 5.98. The number of carbonyl (C=O) groups excluding carboxylic acids is 2. The summed E-state index contributed by atoms with van der Waals surface area (Å²) in [6.07, 6.45) is 6.69. The molecule has 7 heteroatoms. The van der Waals surface area contributed by atoms with Crippen LogP contribution in [0.15, 0.2) is 90.1 Å². The molecule has 0 aliphatic heterocycles. The highest BCUT2D eigenvalue weighted by Gasteiger charge is 2.10. The Kier molecular flexibility index (Phi) is 4.71. The van der Waals surface area contributed by atoms with Crippen LogP contribution in [0.2, 0.25) is 0 Å². The van der Waals surface area contributed by atoms with E-state index in [1.165, 1.54) is 6.26 Å². The molecule has 2 heterocycles. The van der Waals surface area contributed by atoms with Crippen LogP contribution < -0.4 is 10.6 Å². The number of nitrogens with one attached hydrogen (secondary N) is 2. The average molecular weight is 372 g/mol. The first-order chi connectivity index (χ1) is 13.7. The molecule has 2 amide bonds. The predicted octanol–water partition coefficient (Wildman–Crippen LogP) is 3.97. The lowest BCUT2D eigenvalue weighted by atomic mass is 10.2. The molecule has 4 rings (SSSR count). The van der Waals surface area contributed by atoms with Crippen LogP contribution in [0, 0.1) is 0 Å². The number of nitrogens with zero attached hydrogens (tertiary/aromatic N) is 2. The van der Waals surface area contributed by atoms with Crippen LogP contribution in [0.3, 0.4) is 0 Å². The Labute approximate surface area is 160 Å². The maximum atomic E-state index is 12.4. The predicted molar refractivity (Wildman–Crippen MR) is 105 cm³/mol. The zero-order valence-electron chi connectivity index (χ0n) is 14.7. The Bertz CT molecular complexity index is 1070. The first kappa shape index (κ1) is 17.3. The Morgan fingerprint density at radius 3 is 2.14 bits per heavy atom. The summed E-state index contributed by atoms with van der Waals surface area (Å²) in [6, 6.07) is 17.3. The smallest absolute Gasteiger partial charge is 0.291 e. The van der Waals surface area contributed by atoms with Gasteiger partial charge in [-0.3, -0.25) is 9.59 Å². The molecule has 28 heavy (non-hydrogen) atoms. The Morgan fingerprint density at radius 2 is 1.54 bits per heavy atom. The number of anilines is 2. The topological polar surface area (TPSA) is 89.2 Å². The van der Waals surface area contributed by atoms with Gasteiger partial charge in [0.05, 0.1) is 12.6 Å². The fourth-order valence-electron chi connectivity index (χ4n) is 2.64. The number of benzene rings is 2. The molecule has 0 saturated carbocycles. The summed E-state index contributed by atoms with van der Waals surface area (Å²) in [6.45, 7) is 0. The number of hydrogen-bond acceptors (Lipinski definition) is 4. The molecule has 0 spiro atoms. The van der Waals surface area contributed by atoms with Gasteiger partial charge < -0.3 is 19.6 Å². The lowest BCUT2D eigenvalue weighted by Crippen LogP contribution is -2.13. The SMILES string of the molecule is O=C(Nc1ccc(-n2ccnc2)cc1)c1ccc(NC(=O)c2ccco2)cc1. The van der Waals surface area contributed by atoms with E-state index in [9.17, 15) is 9.59 Å². The van der Waals surface area contributed by atoms with Crippen molar-refractivity contribution in [3.05, 3.63) is 97.0 Å². The maximum Gasteiger partial charge on any atom is 0.291 e. The van der Waals surface area contributed by atoms with Gasteiger partial charge in [0.25, 0.3) is 11.8 Å². The molecule has 4 aromatic rings. The number of furan rings is 1. The molecule has 7 nitrogen and oxygen atoms in total. The van der Waals surface area contributed by atoms with E-state index >= 15 is 0 Å². The molecule has 0 radical (unpaired) electrons. The monoisotopic (exact) mass is 372 g/mol. The molecule has 0 saturated heterocycles. The van der Waals surface area contributed by atoms with Crippen molar-refractivity contribution < 1.29 is 14.0 Å². The first-order valence-electron chi connectivity index (χ1n) is 8.54. The van der Waals surface area contributed by atoms with Crippen LogP contribution in [-0.4, -0.2) is 21.4 Å². The van der Waals surface area contributed by atoms with Gasteiger partial charge >= 0.3 is 0 Å². The minimum Gasteiger partial charge on any atom is -0.459 e. The Hall–Kier alpha value is -4.13. The van der Waals surface area contributed by atoms with Gasteiger partial charge in [-0.1, -0.05) is 0 Å². The van der Waals surface area contributed by atoms with Gasteiger partial charge in [0.15, 0.2) is 5.76 Å². The summed E-state index contributed by atoms with van der Waals surface area (Å²) in [5.41, 5.74) is 2.69. The number of aromatic nitrogens is 2. The fourth-order valence-corrected chi connectivity index (χ4v) is 2.64. The summed E-state index contributed by atoms with van der Waals surface area (Å²) in [5.74, 6) is -0.361. The molecule has 0 unspecified atom stereocenters. The summed E-state index contributed by atoms with van der Waals surface area (Å²) >= 11 is 0. The van der Waals surface area contributed by atoms with Crippen molar-refractivity contribution >= 4 is 23.2 Å². The third-order valence-corrected chi connectivity index (χ3v) is 4.08. The van der Waals surface area contributed by atoms with Gasteiger partial charge in [-0.25, -0.2) is 4.98 Å². The van der Waals surface area contributed by atoms with E-state index < -0.39 is 0 Å². The number of hydrogen-bond donors (Lipinski definition) is 2. The summed E-state index contributed by atoms with van der Waals surface area (Å²) in [7, 11) is 0. The third kappa shape index (κ3) is 3.83. The standard InChI is InChI=1S/C21H16N4O3/c26-20(23-17-7-9-18(10-8-17)25-12-11-22-14-25)15-3-5-16(6-4-15)24-21(27)19-2-1-13-28-19/h1-14H,(H,23,26)(H,24,27). The summed E-state index contributed by atoms with van der Waals surface area (Å²) in [4.78, 5) is 28.4. The minimum atomic E-state index is -0.347. The van der Waals surface area contributed by atoms with Gasteiger partial charge in [0.1, 0.15) is 0 Å². The van der Waals surface area contributed by atoms with E-state index in [2.05, 4.69) is 15.6 Å². The highest BCUT2D eigenvalue weighted by molar-refractivity contribution is 6.05. The van der Waals surface area contributed by atoms with Gasteiger partial charge in [-0.15, -0.1) is 0 Å². The van der Waals surface area contributed by atoms with E-state index in [0.717, 1.165) is 5.69 Å². The number of rotatable bonds is 5. The Balaban J connectivity index is 1.39. The van der Waals surface area contributed by atoms with Crippen LogP contribution in [0.5, 0.6) is 0 Å². The number of carbonyl (C=O) groups is 2. The van der Waals surface area contributed by atoms with Crippen molar-refractivity contribution in [1.29, 1.82) is 0 Å². The van der Waals surface area contributed by atoms with Crippen molar-refractivity contribution in [3.63, 3.8) is 0 Å². The normalized spacial score (nSPS) is 10.4. The third-order valence-electron chi connectivity index (χ3n) is 4.08. The van der Waals surface area contributed by atoms with Crippen molar-refractivity contribution in [3.8, 4) is 5.69 Å². The molecule has 0 fully saturated rings. The van der Waals surface area contributed by atoms with Crippen LogP contribution in [-0.2, 0) is 0 Å². The molecular formula is C21H16N4O3. The van der Waals surface area contributed by atoms with Crippen LogP contribution in [0.25, 0.3) is 5.69 Å². The largest absolute Gasteiger partial charge is 0.459 e. The molecule has 2 aromatic carbocycles. The van der Waals surface area contributed by atoms with E-state index in [1.807, 2.05) is 35.0 Å². The number of imidazole rings is 1. The average Bonchev–Trinajstić information content (AvgIpc) is 3.43. The van der Waals surface area contributed by atoms with Crippen LogP contribution in [0.4, 0.5) is 11.4 Å². The quantitative estimate of drug-likeness (QED) is 0.555. The summed E-state index contributed by atoms with van der Waals surface area (Å²) < 4.78 is 6.92. The molecule has 0 aliphatic carbocycles. The lowest BCUT2D eigenvalue weighted by molar-refractivity contribution is 0.0995. The maximum absolute atomic E-state index is 12.4. The first-order valence-corrected chi connectivity index (χ1v) is 8.54. The highest BCUT2D eigenvalue weighted by Crippen LogP contribution is 2.16. The zero-order valence-corrected chi connectivity index (χ0v) is 14.7. The van der Waals surface area contributed by atoms with E-state index in [4.69, 9.17) is 4.42 Å². The number of amides is 2. The molecule has 0 atom stereocenters. The lowest BCUT2D eigenvalue weighted by Gasteiger charge is -2.08. The Morgan fingerprint density at radius 1 is 0.857 bits per heavy atom. The van der Waals surface area contributed by atoms with E-state index in [-0.39, 0.29) is 17.6 Å². The van der Waals surface area contributed by atoms with Crippen molar-refractivity contribution in [2.75, 3.05) is 10.6 Å². The molecule has 0 aliphatic rings. The van der Waals surface area contributed by atoms with Gasteiger partial charge in [-0.05, 0) is 60.7 Å². The van der Waals surface area contributed by atoms with E-state index in [1.54, 1.807) is 48.9 Å². The van der Waals surface area contributed by atoms with E-state index in [0.29, 0.717) is 16.9 Å². The molecule has 0 bridgehead atoms.